The smallest absolute Gasteiger partial charge is 0.307 e. The minimum Gasteiger partial charge on any atom is -0.481 e. The quantitative estimate of drug-likeness (QED) is 0.484. The number of hydrogen-bond donors (Lipinski definition) is 1. The summed E-state index contributed by atoms with van der Waals surface area (Å²) in [6, 6.07) is 0. The highest BCUT2D eigenvalue weighted by Crippen LogP contribution is 1.64. The van der Waals surface area contributed by atoms with Gasteiger partial charge in [0.25, 0.3) is 0 Å². The molecule has 1 N–H and O–H groups in total. The van der Waals surface area contributed by atoms with Gasteiger partial charge in [0, 0.05) is 0 Å². The highest BCUT2D eigenvalue weighted by molar-refractivity contribution is 5.75. The highest BCUT2D eigenvalue weighted by atomic mass is 16.4. The monoisotopic (exact) mass is 73.0 g/mol. The van der Waals surface area contributed by atoms with Crippen molar-refractivity contribution in [1.29, 1.82) is 0 Å². The van der Waals surface area contributed by atoms with Crippen molar-refractivity contribution in [2.45, 2.75) is 6.92 Å². The molecule has 0 atom stereocenters. The van der Waals surface area contributed by atoms with Gasteiger partial charge in [-0.15, -0.1) is 0 Å². The van der Waals surface area contributed by atoms with E-state index in [-0.39, 0.29) is 0 Å². The third kappa shape index (κ3) is 3.47. The number of carbonyl (C=O) groups is 1. The molecule has 2 nitrogen and oxygen atoms in total. The van der Waals surface area contributed by atoms with E-state index in [1.807, 2.05) is 0 Å². The molecule has 0 fully saturated rings. The van der Waals surface area contributed by atoms with Crippen LogP contribution in [0.2, 0.25) is 0 Å². The standard InChI is InChI=1S/C3H5O2/c1-2-3(4)5/h2H,1H3,(H,4,5). The van der Waals surface area contributed by atoms with Crippen molar-refractivity contribution in [2.24, 2.45) is 0 Å². The van der Waals surface area contributed by atoms with Crippen LogP contribution >= 0.6 is 0 Å². The molecule has 0 aliphatic carbocycles. The summed E-state index contributed by atoms with van der Waals surface area (Å²) >= 11 is 0. The first-order valence-electron chi connectivity index (χ1n) is 1.29. The Morgan fingerprint density at radius 1 is 2.00 bits per heavy atom. The minimum atomic E-state index is -0.870. The van der Waals surface area contributed by atoms with Gasteiger partial charge in [-0.25, -0.2) is 0 Å². The molecule has 5 heavy (non-hydrogen) atoms. The summed E-state index contributed by atoms with van der Waals surface area (Å²) in [6.07, 6.45) is 1.08. The molecule has 0 aliphatic heterocycles. The van der Waals surface area contributed by atoms with Crippen LogP contribution in [0, 0.1) is 6.42 Å². The Kier molecular flexibility index (Phi) is 1.57. The maximum absolute atomic E-state index is 9.31. The first-order valence-corrected chi connectivity index (χ1v) is 1.29. The molecule has 0 saturated heterocycles. The second kappa shape index (κ2) is 1.76. The summed E-state index contributed by atoms with van der Waals surface area (Å²) < 4.78 is 0. The van der Waals surface area contributed by atoms with Crippen LogP contribution in [0.1, 0.15) is 6.92 Å². The Morgan fingerprint density at radius 2 is 2.20 bits per heavy atom. The van der Waals surface area contributed by atoms with Gasteiger partial charge in [-0.05, 0) is 0 Å². The minimum absolute atomic E-state index is 0.870. The molecular weight excluding hydrogens is 68.0 g/mol. The number of hydrogen-bond acceptors (Lipinski definition) is 1. The van der Waals surface area contributed by atoms with E-state index in [2.05, 4.69) is 0 Å². The molecule has 0 unspecified atom stereocenters. The van der Waals surface area contributed by atoms with Crippen LogP contribution in [-0.2, 0) is 4.79 Å². The summed E-state index contributed by atoms with van der Waals surface area (Å²) in [5, 5.41) is 7.67. The van der Waals surface area contributed by atoms with Crippen molar-refractivity contribution in [3.63, 3.8) is 0 Å². The molecule has 0 aliphatic rings. The van der Waals surface area contributed by atoms with Gasteiger partial charge in [0.1, 0.15) is 0 Å². The third-order valence-electron chi connectivity index (χ3n) is 0.247. The van der Waals surface area contributed by atoms with Crippen molar-refractivity contribution in [3.8, 4) is 0 Å². The van der Waals surface area contributed by atoms with Crippen molar-refractivity contribution in [3.05, 3.63) is 6.42 Å². The van der Waals surface area contributed by atoms with Gasteiger partial charge in [-0.3, -0.25) is 4.79 Å². The van der Waals surface area contributed by atoms with Crippen LogP contribution < -0.4 is 0 Å². The van der Waals surface area contributed by atoms with Crippen molar-refractivity contribution >= 4 is 5.97 Å². The van der Waals surface area contributed by atoms with Crippen molar-refractivity contribution < 1.29 is 9.90 Å². The lowest BCUT2D eigenvalue weighted by molar-refractivity contribution is -0.132. The summed E-state index contributed by atoms with van der Waals surface area (Å²) in [5.74, 6) is -0.870. The van der Waals surface area contributed by atoms with Crippen LogP contribution in [-0.4, -0.2) is 11.1 Å². The Balaban J connectivity index is 2.85. The average molecular weight is 73.1 g/mol. The van der Waals surface area contributed by atoms with E-state index < -0.39 is 5.97 Å². The molecule has 0 spiro atoms. The second-order valence-electron chi connectivity index (χ2n) is 0.627. The molecule has 29 valence electrons. The Hall–Kier alpha value is -0.530. The predicted octanol–water partition coefficient (Wildman–Crippen LogP) is 0.295. The fourth-order valence-electron chi connectivity index (χ4n) is 0. The van der Waals surface area contributed by atoms with Crippen LogP contribution in [0.4, 0.5) is 0 Å². The van der Waals surface area contributed by atoms with E-state index >= 15 is 0 Å². The maximum Gasteiger partial charge on any atom is 0.307 e. The van der Waals surface area contributed by atoms with Gasteiger partial charge in [-0.2, -0.15) is 0 Å². The zero-order valence-corrected chi connectivity index (χ0v) is 2.93. The zero-order valence-electron chi connectivity index (χ0n) is 2.93. The Bertz CT molecular complexity index is 40.2. The normalized spacial score (nSPS) is 7.40. The third-order valence-corrected chi connectivity index (χ3v) is 0.247. The Morgan fingerprint density at radius 3 is 2.20 bits per heavy atom. The fourth-order valence-corrected chi connectivity index (χ4v) is 0. The van der Waals surface area contributed by atoms with E-state index in [4.69, 9.17) is 5.11 Å². The molecular formula is C3H5O2. The van der Waals surface area contributed by atoms with Gasteiger partial charge in [0.05, 0.1) is 6.42 Å². The van der Waals surface area contributed by atoms with E-state index in [9.17, 15) is 4.79 Å². The zero-order chi connectivity index (χ0) is 4.28. The maximum atomic E-state index is 9.31. The molecule has 0 aromatic rings. The van der Waals surface area contributed by atoms with E-state index in [0.29, 0.717) is 0 Å². The first kappa shape index (κ1) is 4.47. The van der Waals surface area contributed by atoms with E-state index in [1.54, 1.807) is 0 Å². The van der Waals surface area contributed by atoms with Crippen molar-refractivity contribution in [1.82, 2.24) is 0 Å². The molecule has 0 saturated carbocycles. The lowest BCUT2D eigenvalue weighted by Crippen LogP contribution is -1.88. The topological polar surface area (TPSA) is 37.3 Å². The predicted molar refractivity (Wildman–Crippen MR) is 17.6 cm³/mol. The molecule has 0 rings (SSSR count). The SMILES string of the molecule is C[CH]C(=O)O. The van der Waals surface area contributed by atoms with E-state index in [0.717, 1.165) is 6.42 Å². The van der Waals surface area contributed by atoms with Gasteiger partial charge >= 0.3 is 5.97 Å². The number of carboxylic acids is 1. The van der Waals surface area contributed by atoms with Crippen LogP contribution in [0.15, 0.2) is 0 Å². The van der Waals surface area contributed by atoms with Gasteiger partial charge < -0.3 is 5.11 Å². The summed E-state index contributed by atoms with van der Waals surface area (Å²) in [6.45, 7) is 1.47. The largest absolute Gasteiger partial charge is 0.481 e. The summed E-state index contributed by atoms with van der Waals surface area (Å²) in [5.41, 5.74) is 0. The van der Waals surface area contributed by atoms with E-state index in [1.165, 1.54) is 6.92 Å². The first-order chi connectivity index (χ1) is 2.27. The number of rotatable bonds is 1. The highest BCUT2D eigenvalue weighted by Gasteiger charge is 1.81. The number of aliphatic carboxylic acids is 1. The van der Waals surface area contributed by atoms with Crippen molar-refractivity contribution in [2.75, 3.05) is 0 Å². The molecule has 0 heterocycles. The van der Waals surface area contributed by atoms with Crippen LogP contribution in [0.3, 0.4) is 0 Å². The second-order valence-corrected chi connectivity index (χ2v) is 0.627. The summed E-state index contributed by atoms with van der Waals surface area (Å²) in [4.78, 5) is 9.31. The number of carboxylic acid groups (broad SMARTS) is 1. The molecule has 0 aromatic carbocycles. The lowest BCUT2D eigenvalue weighted by Gasteiger charge is -1.71. The molecule has 1 radical (unpaired) electrons. The van der Waals surface area contributed by atoms with Crippen LogP contribution in [0.5, 0.6) is 0 Å². The molecule has 0 bridgehead atoms. The molecule has 2 heteroatoms. The van der Waals surface area contributed by atoms with Gasteiger partial charge in [-0.1, -0.05) is 6.92 Å². The summed E-state index contributed by atoms with van der Waals surface area (Å²) in [7, 11) is 0. The van der Waals surface area contributed by atoms with Gasteiger partial charge in [0.2, 0.25) is 0 Å². The average Bonchev–Trinajstić information content (AvgIpc) is 1.38. The Labute approximate surface area is 30.4 Å². The fraction of sp³-hybridized carbons (Fsp3) is 0.333. The molecule has 0 aromatic heterocycles. The van der Waals surface area contributed by atoms with Crippen LogP contribution in [0.25, 0.3) is 0 Å². The lowest BCUT2D eigenvalue weighted by atomic mass is 10.5. The molecule has 0 amide bonds. The van der Waals surface area contributed by atoms with Gasteiger partial charge in [0.15, 0.2) is 0 Å².